The largest absolute Gasteiger partial charge is 0.475 e. The van der Waals surface area contributed by atoms with Gasteiger partial charge in [0.1, 0.15) is 11.6 Å². The predicted octanol–water partition coefficient (Wildman–Crippen LogP) is 4.25. The first kappa shape index (κ1) is 17.7. The molecule has 0 aromatic carbocycles. The van der Waals surface area contributed by atoms with Gasteiger partial charge in [-0.15, -0.1) is 0 Å². The van der Waals surface area contributed by atoms with Gasteiger partial charge in [0.2, 0.25) is 5.88 Å². The van der Waals surface area contributed by atoms with Crippen LogP contribution in [0.1, 0.15) is 32.9 Å². The molecule has 0 aliphatic heterocycles. The summed E-state index contributed by atoms with van der Waals surface area (Å²) in [5.74, 6) is 0.927. The Hall–Kier alpha value is -1.65. The molecule has 0 saturated carbocycles. The zero-order valence-corrected chi connectivity index (χ0v) is 14.9. The summed E-state index contributed by atoms with van der Waals surface area (Å²) >= 11 is 6.31. The third-order valence-electron chi connectivity index (χ3n) is 3.45. The van der Waals surface area contributed by atoms with Crippen molar-refractivity contribution >= 4 is 11.6 Å². The number of aryl methyl sites for hydroxylation is 1. The van der Waals surface area contributed by atoms with Crippen LogP contribution in [-0.2, 0) is 0 Å². The van der Waals surface area contributed by atoms with Crippen molar-refractivity contribution in [1.29, 1.82) is 0 Å². The van der Waals surface area contributed by atoms with Crippen LogP contribution in [0.15, 0.2) is 30.6 Å². The standard InChI is InChI=1S/C18H24ClN3O/c1-12(2)9-18(4,20)11-23-17-16(19)8-15(10-22-17)14-5-6-21-13(3)7-14/h5-8,10,12H,9,11,20H2,1-4H3. The van der Waals surface area contributed by atoms with E-state index in [0.29, 0.717) is 23.4 Å². The van der Waals surface area contributed by atoms with E-state index in [4.69, 9.17) is 22.1 Å². The summed E-state index contributed by atoms with van der Waals surface area (Å²) in [6, 6.07) is 5.78. The molecule has 23 heavy (non-hydrogen) atoms. The third kappa shape index (κ3) is 5.19. The van der Waals surface area contributed by atoms with Crippen LogP contribution in [0.5, 0.6) is 5.88 Å². The number of rotatable bonds is 6. The quantitative estimate of drug-likeness (QED) is 0.858. The first-order valence-corrected chi connectivity index (χ1v) is 8.15. The summed E-state index contributed by atoms with van der Waals surface area (Å²) in [6.45, 7) is 8.59. The second kappa shape index (κ2) is 7.28. The van der Waals surface area contributed by atoms with Crippen LogP contribution in [0.3, 0.4) is 0 Å². The maximum atomic E-state index is 6.31. The van der Waals surface area contributed by atoms with Gasteiger partial charge in [-0.1, -0.05) is 25.4 Å². The average Bonchev–Trinajstić information content (AvgIpc) is 2.44. The first-order valence-electron chi connectivity index (χ1n) is 7.77. The maximum absolute atomic E-state index is 6.31. The molecule has 124 valence electrons. The number of nitrogens with two attached hydrogens (primary N) is 1. The van der Waals surface area contributed by atoms with E-state index in [1.165, 1.54) is 0 Å². The molecule has 1 atom stereocenters. The average molecular weight is 334 g/mol. The summed E-state index contributed by atoms with van der Waals surface area (Å²) in [7, 11) is 0. The van der Waals surface area contributed by atoms with Gasteiger partial charge < -0.3 is 10.5 Å². The fourth-order valence-electron chi connectivity index (χ4n) is 2.64. The number of ether oxygens (including phenoxy) is 1. The van der Waals surface area contributed by atoms with E-state index in [9.17, 15) is 0 Å². The molecule has 2 rings (SSSR count). The van der Waals surface area contributed by atoms with Crippen LogP contribution in [0.4, 0.5) is 0 Å². The van der Waals surface area contributed by atoms with Crippen molar-refractivity contribution in [1.82, 2.24) is 9.97 Å². The lowest BCUT2D eigenvalue weighted by atomic mass is 9.93. The topological polar surface area (TPSA) is 61.0 Å². The second-order valence-corrected chi connectivity index (χ2v) is 7.14. The molecule has 0 fully saturated rings. The highest BCUT2D eigenvalue weighted by Gasteiger charge is 2.22. The monoisotopic (exact) mass is 333 g/mol. The van der Waals surface area contributed by atoms with Crippen LogP contribution in [0.2, 0.25) is 5.02 Å². The Morgan fingerprint density at radius 1 is 1.26 bits per heavy atom. The van der Waals surface area contributed by atoms with Crippen molar-refractivity contribution in [2.45, 2.75) is 39.7 Å². The molecule has 0 radical (unpaired) electrons. The molecule has 0 spiro atoms. The highest BCUT2D eigenvalue weighted by atomic mass is 35.5. The summed E-state index contributed by atoms with van der Waals surface area (Å²) in [6.07, 6.45) is 4.40. The van der Waals surface area contributed by atoms with Gasteiger partial charge in [0, 0.05) is 29.2 Å². The number of halogens is 1. The summed E-state index contributed by atoms with van der Waals surface area (Å²) < 4.78 is 5.74. The molecule has 1 unspecified atom stereocenters. The zero-order chi connectivity index (χ0) is 17.0. The van der Waals surface area contributed by atoms with Gasteiger partial charge in [0.25, 0.3) is 0 Å². The van der Waals surface area contributed by atoms with Gasteiger partial charge in [0.15, 0.2) is 0 Å². The van der Waals surface area contributed by atoms with Gasteiger partial charge in [-0.2, -0.15) is 0 Å². The third-order valence-corrected chi connectivity index (χ3v) is 3.72. The van der Waals surface area contributed by atoms with Crippen molar-refractivity contribution < 1.29 is 4.74 Å². The highest BCUT2D eigenvalue weighted by Crippen LogP contribution is 2.28. The van der Waals surface area contributed by atoms with Gasteiger partial charge in [0.05, 0.1) is 0 Å². The Balaban J connectivity index is 2.11. The highest BCUT2D eigenvalue weighted by molar-refractivity contribution is 6.32. The number of hydrogen-bond donors (Lipinski definition) is 1. The van der Waals surface area contributed by atoms with Crippen molar-refractivity contribution in [3.8, 4) is 17.0 Å². The lowest BCUT2D eigenvalue weighted by Gasteiger charge is -2.26. The van der Waals surface area contributed by atoms with E-state index in [1.807, 2.05) is 32.0 Å². The molecule has 0 bridgehead atoms. The fraction of sp³-hybridized carbons (Fsp3) is 0.444. The Bertz CT molecular complexity index is 671. The summed E-state index contributed by atoms with van der Waals surface area (Å²) in [4.78, 5) is 8.53. The Kier molecular flexibility index (Phi) is 5.60. The summed E-state index contributed by atoms with van der Waals surface area (Å²) in [5, 5.41) is 0.484. The van der Waals surface area contributed by atoms with Crippen molar-refractivity contribution in [2.75, 3.05) is 6.61 Å². The van der Waals surface area contributed by atoms with Crippen LogP contribution in [0.25, 0.3) is 11.1 Å². The Morgan fingerprint density at radius 2 is 2.00 bits per heavy atom. The zero-order valence-electron chi connectivity index (χ0n) is 14.1. The number of pyridine rings is 2. The lowest BCUT2D eigenvalue weighted by molar-refractivity contribution is 0.201. The van der Waals surface area contributed by atoms with Crippen LogP contribution in [0, 0.1) is 12.8 Å². The SMILES string of the molecule is Cc1cc(-c2cnc(OCC(C)(N)CC(C)C)c(Cl)c2)ccn1. The smallest absolute Gasteiger partial charge is 0.232 e. The molecule has 2 N–H and O–H groups in total. The molecule has 2 aromatic rings. The molecular formula is C18H24ClN3O. The van der Waals surface area contributed by atoms with E-state index in [-0.39, 0.29) is 0 Å². The minimum absolute atomic E-state index is 0.381. The molecule has 0 aliphatic rings. The van der Waals surface area contributed by atoms with E-state index >= 15 is 0 Å². The minimum atomic E-state index is -0.403. The molecule has 4 nitrogen and oxygen atoms in total. The first-order chi connectivity index (χ1) is 10.8. The Morgan fingerprint density at radius 3 is 2.61 bits per heavy atom. The van der Waals surface area contributed by atoms with Crippen molar-refractivity contribution in [2.24, 2.45) is 11.7 Å². The molecule has 5 heteroatoms. The molecule has 0 amide bonds. The molecule has 0 saturated heterocycles. The number of nitrogens with zero attached hydrogens (tertiary/aromatic N) is 2. The normalized spacial score (nSPS) is 13.9. The summed E-state index contributed by atoms with van der Waals surface area (Å²) in [5.41, 5.74) is 8.76. The maximum Gasteiger partial charge on any atom is 0.232 e. The number of hydrogen-bond acceptors (Lipinski definition) is 4. The predicted molar refractivity (Wildman–Crippen MR) is 94.8 cm³/mol. The minimum Gasteiger partial charge on any atom is -0.475 e. The fourth-order valence-corrected chi connectivity index (χ4v) is 2.86. The van der Waals surface area contributed by atoms with Gasteiger partial charge in [-0.25, -0.2) is 4.98 Å². The van der Waals surface area contributed by atoms with E-state index in [0.717, 1.165) is 23.2 Å². The van der Waals surface area contributed by atoms with Gasteiger partial charge in [-0.3, -0.25) is 4.98 Å². The van der Waals surface area contributed by atoms with E-state index in [1.54, 1.807) is 12.4 Å². The van der Waals surface area contributed by atoms with Crippen LogP contribution >= 0.6 is 11.6 Å². The van der Waals surface area contributed by atoms with Gasteiger partial charge in [-0.05, 0) is 49.9 Å². The molecule has 0 aliphatic carbocycles. The lowest BCUT2D eigenvalue weighted by Crippen LogP contribution is -2.43. The second-order valence-electron chi connectivity index (χ2n) is 6.74. The molecule has 2 heterocycles. The Labute approximate surface area is 143 Å². The van der Waals surface area contributed by atoms with E-state index < -0.39 is 5.54 Å². The number of aromatic nitrogens is 2. The van der Waals surface area contributed by atoms with Crippen molar-refractivity contribution in [3.63, 3.8) is 0 Å². The van der Waals surface area contributed by atoms with Gasteiger partial charge >= 0.3 is 0 Å². The van der Waals surface area contributed by atoms with Crippen molar-refractivity contribution in [3.05, 3.63) is 41.3 Å². The molecule has 2 aromatic heterocycles. The molecular weight excluding hydrogens is 310 g/mol. The van der Waals surface area contributed by atoms with E-state index in [2.05, 4.69) is 23.8 Å². The van der Waals surface area contributed by atoms with Crippen LogP contribution in [-0.4, -0.2) is 22.1 Å². The van der Waals surface area contributed by atoms with Crippen LogP contribution < -0.4 is 10.5 Å².